The van der Waals surface area contributed by atoms with Gasteiger partial charge in [-0.25, -0.2) is 0 Å². The first-order chi connectivity index (χ1) is 12.7. The Balaban J connectivity index is 2.01. The van der Waals surface area contributed by atoms with Gasteiger partial charge in [-0.2, -0.15) is 0 Å². The van der Waals surface area contributed by atoms with Gasteiger partial charge in [0.05, 0.1) is 0 Å². The minimum atomic E-state index is 0.304. The highest BCUT2D eigenvalue weighted by Crippen LogP contribution is 2.42. The number of hydrogen-bond donors (Lipinski definition) is 1. The second-order valence-electron chi connectivity index (χ2n) is 6.13. The van der Waals surface area contributed by atoms with Crippen LogP contribution < -0.4 is 0 Å². The molecule has 0 aliphatic heterocycles. The molecule has 0 aromatic heterocycles. The standard InChI is InChI=1S/C24H17BrO/c25-23-14-8-7-13-20(23)19-15-21(17-9-3-1-4-10-17)24(26)22(16-19)18-11-5-2-6-12-18/h1-16,26H. The lowest BCUT2D eigenvalue weighted by Crippen LogP contribution is -1.88. The van der Waals surface area contributed by atoms with Crippen molar-refractivity contribution in [2.24, 2.45) is 0 Å². The Kier molecular flexibility index (Phi) is 4.59. The second kappa shape index (κ2) is 7.19. The Morgan fingerprint density at radius 1 is 0.500 bits per heavy atom. The summed E-state index contributed by atoms with van der Waals surface area (Å²) in [6, 6.07) is 32.3. The largest absolute Gasteiger partial charge is 0.507 e. The molecule has 0 heterocycles. The van der Waals surface area contributed by atoms with E-state index < -0.39 is 0 Å². The molecule has 4 aromatic rings. The van der Waals surface area contributed by atoms with Gasteiger partial charge in [-0.3, -0.25) is 0 Å². The SMILES string of the molecule is Oc1c(-c2ccccc2)cc(-c2ccccc2Br)cc1-c1ccccc1. The maximum atomic E-state index is 11.0. The number of hydrogen-bond acceptors (Lipinski definition) is 1. The van der Waals surface area contributed by atoms with Crippen molar-refractivity contribution < 1.29 is 5.11 Å². The van der Waals surface area contributed by atoms with E-state index in [1.165, 1.54) is 0 Å². The van der Waals surface area contributed by atoms with E-state index in [0.717, 1.165) is 37.9 Å². The monoisotopic (exact) mass is 400 g/mol. The maximum absolute atomic E-state index is 11.0. The van der Waals surface area contributed by atoms with Crippen LogP contribution in [0.3, 0.4) is 0 Å². The molecule has 0 spiro atoms. The molecule has 4 rings (SSSR count). The highest BCUT2D eigenvalue weighted by molar-refractivity contribution is 9.10. The Bertz CT molecular complexity index is 980. The van der Waals surface area contributed by atoms with Crippen molar-refractivity contribution in [2.75, 3.05) is 0 Å². The third-order valence-corrected chi connectivity index (χ3v) is 5.16. The van der Waals surface area contributed by atoms with Crippen LogP contribution in [0.4, 0.5) is 0 Å². The molecule has 0 unspecified atom stereocenters. The summed E-state index contributed by atoms with van der Waals surface area (Å²) >= 11 is 3.65. The first-order valence-corrected chi connectivity index (χ1v) is 9.26. The number of phenolic OH excluding ortho intramolecular Hbond substituents is 1. The smallest absolute Gasteiger partial charge is 0.131 e. The van der Waals surface area contributed by atoms with Crippen LogP contribution in [-0.4, -0.2) is 5.11 Å². The number of phenols is 1. The van der Waals surface area contributed by atoms with E-state index in [0.29, 0.717) is 5.75 Å². The Hall–Kier alpha value is -2.84. The average Bonchev–Trinajstić information content (AvgIpc) is 2.70. The zero-order chi connectivity index (χ0) is 17.9. The summed E-state index contributed by atoms with van der Waals surface area (Å²) in [7, 11) is 0. The van der Waals surface area contributed by atoms with Gasteiger partial charge in [-0.05, 0) is 40.5 Å². The quantitative estimate of drug-likeness (QED) is 0.386. The zero-order valence-electron chi connectivity index (χ0n) is 14.1. The van der Waals surface area contributed by atoms with Gasteiger partial charge >= 0.3 is 0 Å². The van der Waals surface area contributed by atoms with Crippen LogP contribution in [0.15, 0.2) is 102 Å². The number of aromatic hydroxyl groups is 1. The van der Waals surface area contributed by atoms with Crippen molar-refractivity contribution in [1.82, 2.24) is 0 Å². The molecule has 0 bridgehead atoms. The molecular formula is C24H17BrO. The molecule has 0 fully saturated rings. The van der Waals surface area contributed by atoms with E-state index in [4.69, 9.17) is 0 Å². The maximum Gasteiger partial charge on any atom is 0.131 e. The van der Waals surface area contributed by atoms with Gasteiger partial charge in [0, 0.05) is 15.6 Å². The Labute approximate surface area is 161 Å². The molecule has 1 nitrogen and oxygen atoms in total. The van der Waals surface area contributed by atoms with E-state index in [2.05, 4.69) is 34.1 Å². The second-order valence-corrected chi connectivity index (χ2v) is 6.99. The Morgan fingerprint density at radius 3 is 1.46 bits per heavy atom. The average molecular weight is 401 g/mol. The molecule has 126 valence electrons. The zero-order valence-corrected chi connectivity index (χ0v) is 15.6. The predicted octanol–water partition coefficient (Wildman–Crippen LogP) is 7.16. The molecule has 0 atom stereocenters. The summed E-state index contributed by atoms with van der Waals surface area (Å²) in [6.45, 7) is 0. The van der Waals surface area contributed by atoms with Crippen molar-refractivity contribution in [1.29, 1.82) is 0 Å². The molecule has 1 N–H and O–H groups in total. The molecule has 2 heteroatoms. The highest BCUT2D eigenvalue weighted by atomic mass is 79.9. The van der Waals surface area contributed by atoms with Crippen LogP contribution in [0.5, 0.6) is 5.75 Å². The van der Waals surface area contributed by atoms with Crippen LogP contribution in [0.1, 0.15) is 0 Å². The number of rotatable bonds is 3. The fourth-order valence-corrected chi connectivity index (χ4v) is 3.67. The molecule has 0 saturated heterocycles. The van der Waals surface area contributed by atoms with E-state index in [1.807, 2.05) is 78.9 Å². The van der Waals surface area contributed by atoms with E-state index in [-0.39, 0.29) is 0 Å². The van der Waals surface area contributed by atoms with Gasteiger partial charge in [0.15, 0.2) is 0 Å². The minimum absolute atomic E-state index is 0.304. The molecule has 26 heavy (non-hydrogen) atoms. The molecule has 0 saturated carbocycles. The normalized spacial score (nSPS) is 10.7. The molecular weight excluding hydrogens is 384 g/mol. The highest BCUT2D eigenvalue weighted by Gasteiger charge is 2.15. The summed E-state index contributed by atoms with van der Waals surface area (Å²) in [5.74, 6) is 0.304. The van der Waals surface area contributed by atoms with Crippen molar-refractivity contribution in [3.8, 4) is 39.1 Å². The van der Waals surface area contributed by atoms with Gasteiger partial charge in [0.25, 0.3) is 0 Å². The lowest BCUT2D eigenvalue weighted by Gasteiger charge is -2.15. The van der Waals surface area contributed by atoms with Crippen molar-refractivity contribution in [3.63, 3.8) is 0 Å². The van der Waals surface area contributed by atoms with Crippen LogP contribution in [-0.2, 0) is 0 Å². The van der Waals surface area contributed by atoms with E-state index in [1.54, 1.807) is 0 Å². The van der Waals surface area contributed by atoms with Gasteiger partial charge in [-0.1, -0.05) is 94.8 Å². The number of halogens is 1. The summed E-state index contributed by atoms with van der Waals surface area (Å²) in [4.78, 5) is 0. The van der Waals surface area contributed by atoms with Gasteiger partial charge < -0.3 is 5.11 Å². The van der Waals surface area contributed by atoms with Crippen LogP contribution >= 0.6 is 15.9 Å². The van der Waals surface area contributed by atoms with Crippen molar-refractivity contribution >= 4 is 15.9 Å². The van der Waals surface area contributed by atoms with Crippen LogP contribution in [0, 0.1) is 0 Å². The van der Waals surface area contributed by atoms with Gasteiger partial charge in [-0.15, -0.1) is 0 Å². The number of benzene rings is 4. The van der Waals surface area contributed by atoms with E-state index >= 15 is 0 Å². The molecule has 0 aliphatic carbocycles. The fourth-order valence-electron chi connectivity index (χ4n) is 3.16. The third kappa shape index (κ3) is 3.16. The van der Waals surface area contributed by atoms with Gasteiger partial charge in [0.2, 0.25) is 0 Å². The first-order valence-electron chi connectivity index (χ1n) is 8.47. The predicted molar refractivity (Wildman–Crippen MR) is 112 cm³/mol. The lowest BCUT2D eigenvalue weighted by molar-refractivity contribution is 0.479. The lowest BCUT2D eigenvalue weighted by atomic mass is 9.92. The third-order valence-electron chi connectivity index (χ3n) is 4.46. The summed E-state index contributed by atoms with van der Waals surface area (Å²) < 4.78 is 1.03. The fraction of sp³-hybridized carbons (Fsp3) is 0. The van der Waals surface area contributed by atoms with Crippen LogP contribution in [0.2, 0.25) is 0 Å². The summed E-state index contributed by atoms with van der Waals surface area (Å²) in [5.41, 5.74) is 5.82. The van der Waals surface area contributed by atoms with Crippen molar-refractivity contribution in [2.45, 2.75) is 0 Å². The molecule has 0 amide bonds. The minimum Gasteiger partial charge on any atom is -0.507 e. The molecule has 0 aliphatic rings. The first kappa shape index (κ1) is 16.6. The summed E-state index contributed by atoms with van der Waals surface area (Å²) in [5, 5.41) is 11.0. The van der Waals surface area contributed by atoms with Crippen LogP contribution in [0.25, 0.3) is 33.4 Å². The molecule has 4 aromatic carbocycles. The Morgan fingerprint density at radius 2 is 0.962 bits per heavy atom. The van der Waals surface area contributed by atoms with Gasteiger partial charge in [0.1, 0.15) is 5.75 Å². The summed E-state index contributed by atoms with van der Waals surface area (Å²) in [6.07, 6.45) is 0. The molecule has 0 radical (unpaired) electrons. The topological polar surface area (TPSA) is 20.2 Å². The van der Waals surface area contributed by atoms with E-state index in [9.17, 15) is 5.11 Å². The van der Waals surface area contributed by atoms with Crippen molar-refractivity contribution in [3.05, 3.63) is 102 Å².